The molecule has 0 radical (unpaired) electrons. The standard InChI is InChI=1S/C12H20N4O2/c1-4-16(5-2)11-9-14-10(8-15-11)12(17)13-6-7-18-3/h8-9H,4-7H2,1-3H3,(H,13,17). The largest absolute Gasteiger partial charge is 0.383 e. The van der Waals surface area contributed by atoms with Gasteiger partial charge in [-0.3, -0.25) is 4.79 Å². The molecule has 0 aromatic carbocycles. The van der Waals surface area contributed by atoms with Crippen LogP contribution in [0.25, 0.3) is 0 Å². The van der Waals surface area contributed by atoms with Crippen LogP contribution in [0, 0.1) is 0 Å². The molecule has 1 heterocycles. The van der Waals surface area contributed by atoms with Gasteiger partial charge in [0.2, 0.25) is 0 Å². The number of methoxy groups -OCH3 is 1. The minimum atomic E-state index is -0.231. The molecule has 0 unspecified atom stereocenters. The van der Waals surface area contributed by atoms with Crippen LogP contribution >= 0.6 is 0 Å². The first-order chi connectivity index (χ1) is 8.72. The van der Waals surface area contributed by atoms with Crippen LogP contribution in [0.5, 0.6) is 0 Å². The van der Waals surface area contributed by atoms with Gasteiger partial charge in [0.15, 0.2) is 0 Å². The Morgan fingerprint density at radius 2 is 2.06 bits per heavy atom. The zero-order chi connectivity index (χ0) is 13.4. The summed E-state index contributed by atoms with van der Waals surface area (Å²) in [6, 6.07) is 0. The zero-order valence-corrected chi connectivity index (χ0v) is 11.1. The number of hydrogen-bond acceptors (Lipinski definition) is 5. The lowest BCUT2D eigenvalue weighted by molar-refractivity contribution is 0.0932. The van der Waals surface area contributed by atoms with Crippen LogP contribution in [0.4, 0.5) is 5.82 Å². The van der Waals surface area contributed by atoms with Crippen molar-refractivity contribution >= 4 is 11.7 Å². The van der Waals surface area contributed by atoms with Gasteiger partial charge in [-0.1, -0.05) is 0 Å². The topological polar surface area (TPSA) is 67.4 Å². The number of anilines is 1. The van der Waals surface area contributed by atoms with E-state index in [1.165, 1.54) is 6.20 Å². The molecular formula is C12H20N4O2. The summed E-state index contributed by atoms with van der Waals surface area (Å²) in [7, 11) is 1.59. The molecule has 0 atom stereocenters. The van der Waals surface area contributed by atoms with Crippen LogP contribution < -0.4 is 10.2 Å². The molecule has 0 saturated heterocycles. The monoisotopic (exact) mass is 252 g/mol. The quantitative estimate of drug-likeness (QED) is 0.723. The summed E-state index contributed by atoms with van der Waals surface area (Å²) in [5.41, 5.74) is 0.321. The van der Waals surface area contributed by atoms with Gasteiger partial charge in [0, 0.05) is 26.7 Å². The third-order valence-electron chi connectivity index (χ3n) is 2.55. The molecule has 0 spiro atoms. The zero-order valence-electron chi connectivity index (χ0n) is 11.1. The number of hydrogen-bond donors (Lipinski definition) is 1. The molecule has 18 heavy (non-hydrogen) atoms. The number of carbonyl (C=O) groups is 1. The molecule has 6 nitrogen and oxygen atoms in total. The van der Waals surface area contributed by atoms with Crippen molar-refractivity contribution in [3.05, 3.63) is 18.1 Å². The van der Waals surface area contributed by atoms with E-state index in [4.69, 9.17) is 4.74 Å². The molecule has 100 valence electrons. The van der Waals surface area contributed by atoms with Crippen molar-refractivity contribution in [1.29, 1.82) is 0 Å². The molecule has 1 aromatic rings. The van der Waals surface area contributed by atoms with Gasteiger partial charge in [-0.25, -0.2) is 9.97 Å². The van der Waals surface area contributed by atoms with Gasteiger partial charge in [-0.2, -0.15) is 0 Å². The molecule has 0 bridgehead atoms. The fourth-order valence-electron chi connectivity index (χ4n) is 1.51. The van der Waals surface area contributed by atoms with E-state index in [9.17, 15) is 4.79 Å². The Balaban J connectivity index is 2.61. The van der Waals surface area contributed by atoms with E-state index in [1.54, 1.807) is 13.3 Å². The van der Waals surface area contributed by atoms with Crippen LogP contribution in [0.1, 0.15) is 24.3 Å². The van der Waals surface area contributed by atoms with Gasteiger partial charge >= 0.3 is 0 Å². The SMILES string of the molecule is CCN(CC)c1cnc(C(=O)NCCOC)cn1. The smallest absolute Gasteiger partial charge is 0.271 e. The molecule has 0 aliphatic rings. The lowest BCUT2D eigenvalue weighted by Crippen LogP contribution is -2.28. The number of nitrogens with zero attached hydrogens (tertiary/aromatic N) is 3. The van der Waals surface area contributed by atoms with Crippen LogP contribution in [0.2, 0.25) is 0 Å². The maximum atomic E-state index is 11.7. The highest BCUT2D eigenvalue weighted by Gasteiger charge is 2.09. The highest BCUT2D eigenvalue weighted by atomic mass is 16.5. The summed E-state index contributed by atoms with van der Waals surface area (Å²) in [5.74, 6) is 0.555. The summed E-state index contributed by atoms with van der Waals surface area (Å²) < 4.78 is 4.85. The Bertz CT molecular complexity index is 363. The van der Waals surface area contributed by atoms with Crippen molar-refractivity contribution in [2.75, 3.05) is 38.3 Å². The third-order valence-corrected chi connectivity index (χ3v) is 2.55. The summed E-state index contributed by atoms with van der Waals surface area (Å²) >= 11 is 0. The van der Waals surface area contributed by atoms with Crippen molar-refractivity contribution in [2.24, 2.45) is 0 Å². The molecular weight excluding hydrogens is 232 g/mol. The second-order valence-electron chi connectivity index (χ2n) is 3.68. The van der Waals surface area contributed by atoms with Crippen LogP contribution in [-0.2, 0) is 4.74 Å². The van der Waals surface area contributed by atoms with E-state index in [1.807, 2.05) is 0 Å². The summed E-state index contributed by atoms with van der Waals surface area (Å²) in [6.07, 6.45) is 3.12. The average molecular weight is 252 g/mol. The highest BCUT2D eigenvalue weighted by Crippen LogP contribution is 2.07. The van der Waals surface area contributed by atoms with Gasteiger partial charge in [0.05, 0.1) is 19.0 Å². The lowest BCUT2D eigenvalue weighted by Gasteiger charge is -2.18. The van der Waals surface area contributed by atoms with E-state index in [0.717, 1.165) is 18.9 Å². The van der Waals surface area contributed by atoms with E-state index in [2.05, 4.69) is 34.0 Å². The molecule has 1 aromatic heterocycles. The second-order valence-corrected chi connectivity index (χ2v) is 3.68. The minimum Gasteiger partial charge on any atom is -0.383 e. The fourth-order valence-corrected chi connectivity index (χ4v) is 1.51. The first-order valence-corrected chi connectivity index (χ1v) is 6.07. The first-order valence-electron chi connectivity index (χ1n) is 6.07. The van der Waals surface area contributed by atoms with E-state index in [0.29, 0.717) is 18.8 Å². The molecule has 6 heteroatoms. The van der Waals surface area contributed by atoms with Gasteiger partial charge in [0.25, 0.3) is 5.91 Å². The molecule has 0 saturated carbocycles. The van der Waals surface area contributed by atoms with E-state index in [-0.39, 0.29) is 5.91 Å². The van der Waals surface area contributed by atoms with E-state index >= 15 is 0 Å². The normalized spacial score (nSPS) is 10.2. The van der Waals surface area contributed by atoms with Crippen LogP contribution in [-0.4, -0.2) is 49.2 Å². The van der Waals surface area contributed by atoms with Crippen molar-refractivity contribution in [3.8, 4) is 0 Å². The van der Waals surface area contributed by atoms with Gasteiger partial charge in [-0.05, 0) is 13.8 Å². The van der Waals surface area contributed by atoms with Gasteiger partial charge in [0.1, 0.15) is 11.5 Å². The number of nitrogens with one attached hydrogen (secondary N) is 1. The average Bonchev–Trinajstić information content (AvgIpc) is 2.41. The maximum absolute atomic E-state index is 11.7. The Hall–Kier alpha value is -1.69. The Kier molecular flexibility index (Phi) is 6.07. The lowest BCUT2D eigenvalue weighted by atomic mass is 10.4. The summed E-state index contributed by atoms with van der Waals surface area (Å²) in [6.45, 7) is 6.79. The molecule has 1 amide bonds. The Morgan fingerprint density at radius 1 is 1.33 bits per heavy atom. The predicted molar refractivity (Wildman–Crippen MR) is 69.8 cm³/mol. The molecule has 0 aliphatic carbocycles. The minimum absolute atomic E-state index is 0.231. The van der Waals surface area contributed by atoms with Gasteiger partial charge in [-0.15, -0.1) is 0 Å². The predicted octanol–water partition coefficient (Wildman–Crippen LogP) is 0.699. The maximum Gasteiger partial charge on any atom is 0.271 e. The van der Waals surface area contributed by atoms with Crippen LogP contribution in [0.15, 0.2) is 12.4 Å². The summed E-state index contributed by atoms with van der Waals surface area (Å²) in [4.78, 5) is 22.1. The highest BCUT2D eigenvalue weighted by molar-refractivity contribution is 5.91. The Labute approximate surface area is 107 Å². The molecule has 0 fully saturated rings. The Morgan fingerprint density at radius 3 is 2.56 bits per heavy atom. The number of amides is 1. The number of ether oxygens (including phenoxy) is 1. The first kappa shape index (κ1) is 14.4. The van der Waals surface area contributed by atoms with Crippen LogP contribution in [0.3, 0.4) is 0 Å². The van der Waals surface area contributed by atoms with Crippen molar-refractivity contribution in [1.82, 2.24) is 15.3 Å². The third kappa shape index (κ3) is 3.96. The fraction of sp³-hybridized carbons (Fsp3) is 0.583. The van der Waals surface area contributed by atoms with E-state index < -0.39 is 0 Å². The van der Waals surface area contributed by atoms with Crippen molar-refractivity contribution in [2.45, 2.75) is 13.8 Å². The van der Waals surface area contributed by atoms with Crippen molar-refractivity contribution in [3.63, 3.8) is 0 Å². The second kappa shape index (κ2) is 7.60. The molecule has 1 rings (SSSR count). The number of aromatic nitrogens is 2. The van der Waals surface area contributed by atoms with Crippen molar-refractivity contribution < 1.29 is 9.53 Å². The number of rotatable bonds is 7. The summed E-state index contributed by atoms with van der Waals surface area (Å²) in [5, 5.41) is 2.70. The van der Waals surface area contributed by atoms with Gasteiger partial charge < -0.3 is 15.0 Å². The molecule has 0 aliphatic heterocycles. The number of carbonyl (C=O) groups excluding carboxylic acids is 1. The molecule has 1 N–H and O–H groups in total.